The summed E-state index contributed by atoms with van der Waals surface area (Å²) in [7, 11) is 0. The fraction of sp³-hybridized carbons (Fsp3) is 0.250. The average Bonchev–Trinajstić information content (AvgIpc) is 2.04. The fourth-order valence-corrected chi connectivity index (χ4v) is 0.749. The van der Waals surface area contributed by atoms with Crippen LogP contribution in [0.15, 0.2) is 24.3 Å². The minimum absolute atomic E-state index is 0.0160. The Morgan fingerprint density at radius 3 is 2.45 bits per heavy atom. The Bertz CT molecular complexity index is 205. The number of rotatable bonds is 3. The van der Waals surface area contributed by atoms with Gasteiger partial charge in [-0.25, -0.2) is 0 Å². The smallest absolute Gasteiger partial charge is 0.178 e. The van der Waals surface area contributed by atoms with Crippen molar-refractivity contribution >= 4 is 0 Å². The zero-order valence-electron chi connectivity index (χ0n) is 5.99. The van der Waals surface area contributed by atoms with Gasteiger partial charge in [-0.1, -0.05) is 12.1 Å². The van der Waals surface area contributed by atoms with Crippen molar-refractivity contribution in [2.24, 2.45) is 0 Å². The molecule has 1 radical (unpaired) electrons. The van der Waals surface area contributed by atoms with Gasteiger partial charge in [-0.05, 0) is 17.7 Å². The Balaban J connectivity index is 2.52. The molecule has 3 nitrogen and oxygen atoms in total. The van der Waals surface area contributed by atoms with Crippen LogP contribution in [0.4, 0.5) is 0 Å². The molecule has 0 fully saturated rings. The van der Waals surface area contributed by atoms with Crippen LogP contribution in [0, 0.1) is 0 Å². The van der Waals surface area contributed by atoms with E-state index in [-0.39, 0.29) is 12.5 Å². The lowest BCUT2D eigenvalue weighted by molar-refractivity contribution is -0.0112. The monoisotopic (exact) mass is 153 g/mol. The summed E-state index contributed by atoms with van der Waals surface area (Å²) in [5.74, 6) is -0.0160. The lowest BCUT2D eigenvalue weighted by Gasteiger charge is -1.98. The number of aliphatic hydroxyl groups is 1. The molecule has 11 heavy (non-hydrogen) atoms. The van der Waals surface area contributed by atoms with E-state index in [0.29, 0.717) is 6.61 Å². The average molecular weight is 153 g/mol. The minimum atomic E-state index is -0.293. The Kier molecular flexibility index (Phi) is 2.89. The predicted octanol–water partition coefficient (Wildman–Crippen LogP) is 1.30. The van der Waals surface area contributed by atoms with Gasteiger partial charge in [-0.3, -0.25) is 5.11 Å². The van der Waals surface area contributed by atoms with Crippen LogP contribution in [0.5, 0.6) is 5.75 Å². The van der Waals surface area contributed by atoms with Gasteiger partial charge in [-0.15, -0.1) is 0 Å². The Morgan fingerprint density at radius 1 is 1.27 bits per heavy atom. The van der Waals surface area contributed by atoms with E-state index in [2.05, 4.69) is 0 Å². The van der Waals surface area contributed by atoms with Gasteiger partial charge < -0.3 is 9.84 Å². The maximum atomic E-state index is 10.6. The van der Waals surface area contributed by atoms with Crippen molar-refractivity contribution in [3.8, 4) is 5.75 Å². The Labute approximate surface area is 64.9 Å². The molecule has 1 aromatic carbocycles. The fourth-order valence-electron chi connectivity index (χ4n) is 0.749. The van der Waals surface area contributed by atoms with Crippen molar-refractivity contribution in [1.29, 1.82) is 0 Å². The molecular formula is C8H9O3. The summed E-state index contributed by atoms with van der Waals surface area (Å²) in [6.07, 6.45) is 0. The van der Waals surface area contributed by atoms with Gasteiger partial charge in [-0.2, -0.15) is 0 Å². The van der Waals surface area contributed by atoms with Crippen LogP contribution in [-0.4, -0.2) is 11.9 Å². The highest BCUT2D eigenvalue weighted by Gasteiger charge is 1.92. The molecule has 3 heteroatoms. The SMILES string of the molecule is [O]c1ccc(COCO)cc1. The van der Waals surface area contributed by atoms with E-state index in [9.17, 15) is 5.11 Å². The molecule has 0 saturated heterocycles. The summed E-state index contributed by atoms with van der Waals surface area (Å²) in [5.41, 5.74) is 0.888. The molecule has 0 spiro atoms. The van der Waals surface area contributed by atoms with E-state index in [1.165, 1.54) is 12.1 Å². The highest BCUT2D eigenvalue weighted by molar-refractivity contribution is 5.25. The van der Waals surface area contributed by atoms with Crippen molar-refractivity contribution < 1.29 is 14.9 Å². The minimum Gasteiger partial charge on any atom is -0.371 e. The summed E-state index contributed by atoms with van der Waals surface area (Å²) in [6, 6.07) is 6.29. The molecule has 0 heterocycles. The molecule has 59 valence electrons. The van der Waals surface area contributed by atoms with Gasteiger partial charge in [0.05, 0.1) is 6.61 Å². The second-order valence-electron chi connectivity index (χ2n) is 2.12. The van der Waals surface area contributed by atoms with Gasteiger partial charge in [0, 0.05) is 0 Å². The quantitative estimate of drug-likeness (QED) is 0.665. The Morgan fingerprint density at radius 2 is 1.91 bits per heavy atom. The van der Waals surface area contributed by atoms with Gasteiger partial charge in [0.2, 0.25) is 0 Å². The lowest BCUT2D eigenvalue weighted by Crippen LogP contribution is -1.92. The number of hydrogen-bond acceptors (Lipinski definition) is 2. The third kappa shape index (κ3) is 2.57. The summed E-state index contributed by atoms with van der Waals surface area (Å²) in [5, 5.41) is 18.9. The van der Waals surface area contributed by atoms with Crippen LogP contribution in [0.25, 0.3) is 0 Å². The van der Waals surface area contributed by atoms with Gasteiger partial charge in [0.15, 0.2) is 5.75 Å². The summed E-state index contributed by atoms with van der Waals surface area (Å²) in [4.78, 5) is 0. The topological polar surface area (TPSA) is 49.4 Å². The molecule has 0 aromatic heterocycles. The van der Waals surface area contributed by atoms with Crippen molar-refractivity contribution in [3.63, 3.8) is 0 Å². The third-order valence-corrected chi connectivity index (χ3v) is 1.28. The second kappa shape index (κ2) is 3.95. The standard InChI is InChI=1S/C8H9O3/c9-6-11-5-7-1-3-8(10)4-2-7/h1-4,9H,5-6H2. The van der Waals surface area contributed by atoms with Crippen LogP contribution < -0.4 is 0 Å². The molecule has 0 bridgehead atoms. The molecule has 1 aromatic rings. The summed E-state index contributed by atoms with van der Waals surface area (Å²) < 4.78 is 4.71. The lowest BCUT2D eigenvalue weighted by atomic mass is 10.2. The van der Waals surface area contributed by atoms with Crippen LogP contribution in [0.2, 0.25) is 0 Å². The largest absolute Gasteiger partial charge is 0.371 e. The molecule has 0 aliphatic heterocycles. The van der Waals surface area contributed by atoms with Gasteiger partial charge in [0.1, 0.15) is 6.79 Å². The second-order valence-corrected chi connectivity index (χ2v) is 2.12. The number of aliphatic hydroxyl groups excluding tert-OH is 1. The van der Waals surface area contributed by atoms with Crippen LogP contribution in [0.3, 0.4) is 0 Å². The maximum Gasteiger partial charge on any atom is 0.178 e. The molecule has 0 amide bonds. The molecule has 0 saturated carbocycles. The van der Waals surface area contributed by atoms with Crippen LogP contribution in [-0.2, 0) is 16.5 Å². The van der Waals surface area contributed by atoms with Crippen LogP contribution >= 0.6 is 0 Å². The number of ether oxygens (including phenoxy) is 1. The van der Waals surface area contributed by atoms with Gasteiger partial charge in [0.25, 0.3) is 0 Å². The van der Waals surface area contributed by atoms with Gasteiger partial charge >= 0.3 is 0 Å². The van der Waals surface area contributed by atoms with Crippen molar-refractivity contribution in [1.82, 2.24) is 0 Å². The molecule has 1 rings (SSSR count). The molecule has 1 N–H and O–H groups in total. The first-order chi connectivity index (χ1) is 5.33. The van der Waals surface area contributed by atoms with Crippen molar-refractivity contribution in [2.75, 3.05) is 6.79 Å². The van der Waals surface area contributed by atoms with E-state index in [0.717, 1.165) is 5.56 Å². The number of hydrogen-bond donors (Lipinski definition) is 1. The highest BCUT2D eigenvalue weighted by atomic mass is 16.6. The summed E-state index contributed by atoms with van der Waals surface area (Å²) in [6.45, 7) is 0.0515. The van der Waals surface area contributed by atoms with E-state index in [4.69, 9.17) is 9.84 Å². The van der Waals surface area contributed by atoms with Crippen molar-refractivity contribution in [3.05, 3.63) is 29.8 Å². The van der Waals surface area contributed by atoms with E-state index in [1.807, 2.05) is 0 Å². The summed E-state index contributed by atoms with van der Waals surface area (Å²) >= 11 is 0. The number of benzene rings is 1. The zero-order chi connectivity index (χ0) is 8.10. The first-order valence-electron chi connectivity index (χ1n) is 3.27. The molecule has 0 atom stereocenters. The van der Waals surface area contributed by atoms with E-state index < -0.39 is 0 Å². The van der Waals surface area contributed by atoms with E-state index in [1.54, 1.807) is 12.1 Å². The first kappa shape index (κ1) is 8.04. The van der Waals surface area contributed by atoms with E-state index >= 15 is 0 Å². The zero-order valence-corrected chi connectivity index (χ0v) is 5.99. The first-order valence-corrected chi connectivity index (χ1v) is 3.27. The molecule has 0 aliphatic carbocycles. The third-order valence-electron chi connectivity index (χ3n) is 1.28. The molecule has 0 unspecified atom stereocenters. The highest BCUT2D eigenvalue weighted by Crippen LogP contribution is 2.10. The molecular weight excluding hydrogens is 144 g/mol. The predicted molar refractivity (Wildman–Crippen MR) is 38.4 cm³/mol. The van der Waals surface area contributed by atoms with Crippen molar-refractivity contribution in [2.45, 2.75) is 6.61 Å². The maximum absolute atomic E-state index is 10.6. The normalized spacial score (nSPS) is 9.91. The molecule has 0 aliphatic rings. The van der Waals surface area contributed by atoms with Crippen LogP contribution in [0.1, 0.15) is 5.56 Å². The Hall–Kier alpha value is -1.06.